The van der Waals surface area contributed by atoms with Crippen molar-refractivity contribution in [3.05, 3.63) is 59.9 Å². The number of hydrogen-bond donors (Lipinski definition) is 0. The Kier molecular flexibility index (Phi) is 4.13. The van der Waals surface area contributed by atoms with Gasteiger partial charge in [0.25, 0.3) is 0 Å². The number of ether oxygens (including phenoxy) is 2. The molecule has 0 aliphatic carbocycles. The van der Waals surface area contributed by atoms with E-state index in [9.17, 15) is 9.18 Å². The van der Waals surface area contributed by atoms with Crippen molar-refractivity contribution >= 4 is 5.78 Å². The van der Waals surface area contributed by atoms with Gasteiger partial charge in [0, 0.05) is 0 Å². The Morgan fingerprint density at radius 3 is 2.32 bits per heavy atom. The number of Topliss-reactive ketones (excluding diaryl/α,β-unsaturated/α-hetero) is 1. The number of hydrogen-bond acceptors (Lipinski definition) is 3. The van der Waals surface area contributed by atoms with Crippen LogP contribution < -0.4 is 9.47 Å². The van der Waals surface area contributed by atoms with Gasteiger partial charge in [-0.2, -0.15) is 0 Å². The SMILES string of the molecule is COc1ccc(OCC(=O)c2ccccc2F)cc1. The molecule has 0 saturated carbocycles. The quantitative estimate of drug-likeness (QED) is 0.775. The van der Waals surface area contributed by atoms with Gasteiger partial charge in [0.15, 0.2) is 6.61 Å². The fourth-order valence-electron chi connectivity index (χ4n) is 1.59. The van der Waals surface area contributed by atoms with E-state index in [1.54, 1.807) is 37.4 Å². The van der Waals surface area contributed by atoms with Gasteiger partial charge >= 0.3 is 0 Å². The molecule has 0 atom stereocenters. The molecule has 0 N–H and O–H groups in total. The Morgan fingerprint density at radius 1 is 1.05 bits per heavy atom. The number of carbonyl (C=O) groups excluding carboxylic acids is 1. The maximum Gasteiger partial charge on any atom is 0.203 e. The summed E-state index contributed by atoms with van der Waals surface area (Å²) < 4.78 is 23.7. The standard InChI is InChI=1S/C15H13FO3/c1-18-11-6-8-12(9-7-11)19-10-15(17)13-4-2-3-5-14(13)16/h2-9H,10H2,1H3. The monoisotopic (exact) mass is 260 g/mol. The summed E-state index contributed by atoms with van der Waals surface area (Å²) in [5, 5.41) is 0. The summed E-state index contributed by atoms with van der Waals surface area (Å²) in [5.74, 6) is 0.304. The van der Waals surface area contributed by atoms with Crippen molar-refractivity contribution in [2.24, 2.45) is 0 Å². The molecule has 0 heterocycles. The topological polar surface area (TPSA) is 35.5 Å². The maximum atomic E-state index is 13.4. The molecule has 0 aliphatic rings. The van der Waals surface area contributed by atoms with E-state index in [1.165, 1.54) is 18.2 Å². The average Bonchev–Trinajstić information content (AvgIpc) is 2.46. The van der Waals surface area contributed by atoms with Crippen LogP contribution in [-0.4, -0.2) is 19.5 Å². The van der Waals surface area contributed by atoms with Gasteiger partial charge < -0.3 is 9.47 Å². The molecule has 0 aromatic heterocycles. The number of benzene rings is 2. The van der Waals surface area contributed by atoms with Gasteiger partial charge in [-0.15, -0.1) is 0 Å². The molecule has 0 aliphatic heterocycles. The second-order valence-corrected chi connectivity index (χ2v) is 3.87. The van der Waals surface area contributed by atoms with Crippen LogP contribution in [0.3, 0.4) is 0 Å². The lowest BCUT2D eigenvalue weighted by molar-refractivity contribution is 0.0917. The van der Waals surface area contributed by atoms with Crippen LogP contribution in [0, 0.1) is 5.82 Å². The fourth-order valence-corrected chi connectivity index (χ4v) is 1.59. The number of halogens is 1. The van der Waals surface area contributed by atoms with E-state index in [4.69, 9.17) is 9.47 Å². The minimum atomic E-state index is -0.536. The van der Waals surface area contributed by atoms with E-state index in [-0.39, 0.29) is 12.2 Å². The van der Waals surface area contributed by atoms with E-state index in [0.29, 0.717) is 11.5 Å². The highest BCUT2D eigenvalue weighted by Gasteiger charge is 2.11. The molecular weight excluding hydrogens is 247 g/mol. The Morgan fingerprint density at radius 2 is 1.68 bits per heavy atom. The summed E-state index contributed by atoms with van der Waals surface area (Å²) in [6.45, 7) is -0.201. The molecule has 3 nitrogen and oxygen atoms in total. The minimum absolute atomic E-state index is 0.0380. The van der Waals surface area contributed by atoms with Crippen molar-refractivity contribution in [2.45, 2.75) is 0 Å². The Bertz CT molecular complexity index is 564. The zero-order chi connectivity index (χ0) is 13.7. The predicted molar refractivity (Wildman–Crippen MR) is 69.2 cm³/mol. The van der Waals surface area contributed by atoms with Crippen molar-refractivity contribution < 1.29 is 18.7 Å². The molecule has 0 amide bonds. The first-order valence-corrected chi connectivity index (χ1v) is 5.75. The average molecular weight is 260 g/mol. The predicted octanol–water partition coefficient (Wildman–Crippen LogP) is 3.10. The molecule has 4 heteroatoms. The molecule has 98 valence electrons. The van der Waals surface area contributed by atoms with E-state index in [2.05, 4.69) is 0 Å². The van der Waals surface area contributed by atoms with Crippen molar-refractivity contribution in [3.8, 4) is 11.5 Å². The molecule has 0 bridgehead atoms. The third-order valence-corrected chi connectivity index (χ3v) is 2.60. The maximum absolute atomic E-state index is 13.4. The zero-order valence-corrected chi connectivity index (χ0v) is 10.4. The highest BCUT2D eigenvalue weighted by atomic mass is 19.1. The molecule has 2 rings (SSSR count). The van der Waals surface area contributed by atoms with Crippen LogP contribution in [0.15, 0.2) is 48.5 Å². The van der Waals surface area contributed by atoms with Crippen LogP contribution in [0.4, 0.5) is 4.39 Å². The number of carbonyl (C=O) groups is 1. The fraction of sp³-hybridized carbons (Fsp3) is 0.133. The number of ketones is 1. The molecule has 0 spiro atoms. The summed E-state index contributed by atoms with van der Waals surface area (Å²) in [4.78, 5) is 11.8. The lowest BCUT2D eigenvalue weighted by Gasteiger charge is -2.07. The molecule has 2 aromatic rings. The van der Waals surface area contributed by atoms with E-state index in [0.717, 1.165) is 0 Å². The first-order valence-electron chi connectivity index (χ1n) is 5.75. The Hall–Kier alpha value is -2.36. The van der Waals surface area contributed by atoms with Gasteiger partial charge in [0.2, 0.25) is 5.78 Å². The zero-order valence-electron chi connectivity index (χ0n) is 10.4. The van der Waals surface area contributed by atoms with Gasteiger partial charge in [-0.1, -0.05) is 12.1 Å². The number of rotatable bonds is 5. The van der Waals surface area contributed by atoms with Gasteiger partial charge in [0.1, 0.15) is 17.3 Å². The van der Waals surface area contributed by atoms with Crippen LogP contribution >= 0.6 is 0 Å². The summed E-state index contributed by atoms with van der Waals surface area (Å²) in [7, 11) is 1.57. The highest BCUT2D eigenvalue weighted by molar-refractivity contribution is 5.97. The third-order valence-electron chi connectivity index (χ3n) is 2.60. The Balaban J connectivity index is 1.98. The van der Waals surface area contributed by atoms with Crippen molar-refractivity contribution in [2.75, 3.05) is 13.7 Å². The lowest BCUT2D eigenvalue weighted by Crippen LogP contribution is -2.13. The summed E-state index contributed by atoms with van der Waals surface area (Å²) in [6.07, 6.45) is 0. The first kappa shape index (κ1) is 13.1. The largest absolute Gasteiger partial charge is 0.497 e. The minimum Gasteiger partial charge on any atom is -0.497 e. The lowest BCUT2D eigenvalue weighted by atomic mass is 10.1. The van der Waals surface area contributed by atoms with Crippen molar-refractivity contribution in [3.63, 3.8) is 0 Å². The molecule has 2 aromatic carbocycles. The molecule has 0 radical (unpaired) electrons. The second-order valence-electron chi connectivity index (χ2n) is 3.87. The summed E-state index contributed by atoms with van der Waals surface area (Å²) in [6, 6.07) is 12.7. The van der Waals surface area contributed by atoms with E-state index in [1.807, 2.05) is 0 Å². The highest BCUT2D eigenvalue weighted by Crippen LogP contribution is 2.17. The molecule has 19 heavy (non-hydrogen) atoms. The van der Waals surface area contributed by atoms with Crippen molar-refractivity contribution in [1.82, 2.24) is 0 Å². The molecule has 0 fully saturated rings. The number of methoxy groups -OCH3 is 1. The van der Waals surface area contributed by atoms with Crippen molar-refractivity contribution in [1.29, 1.82) is 0 Å². The molecule has 0 saturated heterocycles. The van der Waals surface area contributed by atoms with Gasteiger partial charge in [-0.05, 0) is 36.4 Å². The molecular formula is C15H13FO3. The van der Waals surface area contributed by atoms with Crippen LogP contribution in [0.1, 0.15) is 10.4 Å². The van der Waals surface area contributed by atoms with Gasteiger partial charge in [0.05, 0.1) is 12.7 Å². The van der Waals surface area contributed by atoms with E-state index < -0.39 is 11.6 Å². The van der Waals surface area contributed by atoms with E-state index >= 15 is 0 Å². The second kappa shape index (κ2) is 6.00. The van der Waals surface area contributed by atoms with Crippen LogP contribution in [-0.2, 0) is 0 Å². The van der Waals surface area contributed by atoms with Crippen LogP contribution in [0.5, 0.6) is 11.5 Å². The third kappa shape index (κ3) is 3.31. The Labute approximate surface area is 110 Å². The summed E-state index contributed by atoms with van der Waals surface area (Å²) in [5.41, 5.74) is 0.0380. The van der Waals surface area contributed by atoms with Gasteiger partial charge in [-0.3, -0.25) is 4.79 Å². The van der Waals surface area contributed by atoms with Gasteiger partial charge in [-0.25, -0.2) is 4.39 Å². The molecule has 0 unspecified atom stereocenters. The van der Waals surface area contributed by atoms with Crippen LogP contribution in [0.2, 0.25) is 0 Å². The first-order chi connectivity index (χ1) is 9.20. The smallest absolute Gasteiger partial charge is 0.203 e. The van der Waals surface area contributed by atoms with Crippen LogP contribution in [0.25, 0.3) is 0 Å². The normalized spacial score (nSPS) is 10.0. The summed E-state index contributed by atoms with van der Waals surface area (Å²) >= 11 is 0.